The highest BCUT2D eigenvalue weighted by atomic mass is 32.2. The summed E-state index contributed by atoms with van der Waals surface area (Å²) in [5.74, 6) is -0.356. The fourth-order valence-electron chi connectivity index (χ4n) is 2.65. The number of carbonyl (C=O) groups excluding carboxylic acids is 1. The Morgan fingerprint density at radius 3 is 2.67 bits per heavy atom. The molecule has 1 aromatic heterocycles. The van der Waals surface area contributed by atoms with Gasteiger partial charge in [0.1, 0.15) is 0 Å². The van der Waals surface area contributed by atoms with E-state index >= 15 is 0 Å². The summed E-state index contributed by atoms with van der Waals surface area (Å²) in [5.41, 5.74) is 1.87. The first-order valence-corrected chi connectivity index (χ1v) is 9.04. The first-order chi connectivity index (χ1) is 9.80. The molecule has 1 N–H and O–H groups in total. The largest absolute Gasteiger partial charge is 0.347 e. The Kier molecular flexibility index (Phi) is 4.66. The number of rotatable bonds is 4. The smallest absolute Gasteiger partial charge is 0.224 e. The fraction of sp³-hybridized carbons (Fsp3) is 0.600. The summed E-state index contributed by atoms with van der Waals surface area (Å²) in [6.45, 7) is 6.00. The van der Waals surface area contributed by atoms with Crippen LogP contribution in [0, 0.1) is 18.8 Å². The summed E-state index contributed by atoms with van der Waals surface area (Å²) in [6.07, 6.45) is 2.13. The van der Waals surface area contributed by atoms with Crippen LogP contribution in [0.5, 0.6) is 0 Å². The molecule has 6 heteroatoms. The Morgan fingerprint density at radius 1 is 1.43 bits per heavy atom. The van der Waals surface area contributed by atoms with E-state index in [2.05, 4.69) is 10.3 Å². The summed E-state index contributed by atoms with van der Waals surface area (Å²) in [7, 11) is -3.05. The van der Waals surface area contributed by atoms with E-state index in [1.165, 1.54) is 0 Å². The lowest BCUT2D eigenvalue weighted by molar-refractivity contribution is -0.125. The van der Waals surface area contributed by atoms with Gasteiger partial charge in [0, 0.05) is 6.20 Å². The molecule has 2 atom stereocenters. The van der Waals surface area contributed by atoms with Crippen LogP contribution in [0.25, 0.3) is 0 Å². The molecule has 116 valence electrons. The molecular weight excluding hydrogens is 288 g/mol. The summed E-state index contributed by atoms with van der Waals surface area (Å²) >= 11 is 0. The van der Waals surface area contributed by atoms with Gasteiger partial charge in [0.2, 0.25) is 5.91 Å². The van der Waals surface area contributed by atoms with Crippen LogP contribution in [0.4, 0.5) is 0 Å². The van der Waals surface area contributed by atoms with Crippen LogP contribution in [-0.4, -0.2) is 30.8 Å². The summed E-state index contributed by atoms with van der Waals surface area (Å²) in [4.78, 5) is 16.7. The number of aromatic nitrogens is 1. The number of nitrogens with one attached hydrogen (secondary N) is 1. The number of hydrogen-bond acceptors (Lipinski definition) is 4. The molecule has 0 aliphatic carbocycles. The van der Waals surface area contributed by atoms with Gasteiger partial charge in [-0.25, -0.2) is 8.42 Å². The van der Waals surface area contributed by atoms with Gasteiger partial charge in [-0.05, 0) is 30.9 Å². The Morgan fingerprint density at radius 2 is 2.14 bits per heavy atom. The highest BCUT2D eigenvalue weighted by Crippen LogP contribution is 2.25. The Labute approximate surface area is 126 Å². The maximum absolute atomic E-state index is 12.3. The van der Waals surface area contributed by atoms with Crippen LogP contribution >= 0.6 is 0 Å². The molecule has 21 heavy (non-hydrogen) atoms. The van der Waals surface area contributed by atoms with Crippen molar-refractivity contribution in [3.63, 3.8) is 0 Å². The van der Waals surface area contributed by atoms with Gasteiger partial charge in [-0.3, -0.25) is 9.78 Å². The van der Waals surface area contributed by atoms with Crippen molar-refractivity contribution in [2.24, 2.45) is 11.8 Å². The van der Waals surface area contributed by atoms with Crippen molar-refractivity contribution in [1.29, 1.82) is 0 Å². The zero-order valence-electron chi connectivity index (χ0n) is 12.7. The second-order valence-corrected chi connectivity index (χ2v) is 8.26. The van der Waals surface area contributed by atoms with Gasteiger partial charge < -0.3 is 5.32 Å². The summed E-state index contributed by atoms with van der Waals surface area (Å²) in [5, 5.41) is 2.99. The Bertz CT molecular complexity index is 626. The van der Waals surface area contributed by atoms with Crippen LogP contribution in [0.2, 0.25) is 0 Å². The molecule has 1 aromatic rings. The van der Waals surface area contributed by atoms with E-state index in [0.717, 1.165) is 11.3 Å². The number of carbonyl (C=O) groups is 1. The van der Waals surface area contributed by atoms with Gasteiger partial charge in [0.05, 0.1) is 29.2 Å². The molecule has 1 fully saturated rings. The van der Waals surface area contributed by atoms with Crippen molar-refractivity contribution in [3.05, 3.63) is 29.6 Å². The molecule has 0 unspecified atom stereocenters. The molecule has 0 spiro atoms. The molecule has 1 amide bonds. The quantitative estimate of drug-likeness (QED) is 0.917. The van der Waals surface area contributed by atoms with E-state index < -0.39 is 15.8 Å². The highest BCUT2D eigenvalue weighted by molar-refractivity contribution is 7.91. The Hall–Kier alpha value is -1.43. The van der Waals surface area contributed by atoms with Gasteiger partial charge in [-0.15, -0.1) is 0 Å². The van der Waals surface area contributed by atoms with Gasteiger partial charge in [-0.1, -0.05) is 19.9 Å². The monoisotopic (exact) mass is 310 g/mol. The zero-order chi connectivity index (χ0) is 15.6. The third-order valence-electron chi connectivity index (χ3n) is 3.91. The molecule has 2 heterocycles. The van der Waals surface area contributed by atoms with E-state index in [4.69, 9.17) is 0 Å². The number of sulfone groups is 1. The molecule has 0 aromatic carbocycles. The SMILES string of the molecule is Cc1cccnc1[C@@H](NC(=O)[C@H]1CCS(=O)(=O)C1)C(C)C. The predicted molar refractivity (Wildman–Crippen MR) is 81.5 cm³/mol. The van der Waals surface area contributed by atoms with Crippen molar-refractivity contribution in [2.75, 3.05) is 11.5 Å². The van der Waals surface area contributed by atoms with Crippen molar-refractivity contribution in [2.45, 2.75) is 33.2 Å². The summed E-state index contributed by atoms with van der Waals surface area (Å²) < 4.78 is 23.0. The molecule has 0 saturated carbocycles. The topological polar surface area (TPSA) is 76.1 Å². The van der Waals surface area contributed by atoms with Crippen molar-refractivity contribution >= 4 is 15.7 Å². The molecule has 2 rings (SSSR count). The molecule has 0 radical (unpaired) electrons. The van der Waals surface area contributed by atoms with Crippen LogP contribution in [0.1, 0.15) is 37.6 Å². The van der Waals surface area contributed by atoms with Crippen molar-refractivity contribution in [3.8, 4) is 0 Å². The molecule has 0 bridgehead atoms. The summed E-state index contributed by atoms with van der Waals surface area (Å²) in [6, 6.07) is 3.63. The van der Waals surface area contributed by atoms with E-state index in [9.17, 15) is 13.2 Å². The van der Waals surface area contributed by atoms with Crippen LogP contribution in [0.3, 0.4) is 0 Å². The van der Waals surface area contributed by atoms with Crippen LogP contribution in [0.15, 0.2) is 18.3 Å². The second-order valence-electron chi connectivity index (χ2n) is 6.04. The minimum atomic E-state index is -3.05. The van der Waals surface area contributed by atoms with Gasteiger partial charge in [-0.2, -0.15) is 0 Å². The van der Waals surface area contributed by atoms with Crippen molar-refractivity contribution < 1.29 is 13.2 Å². The molecular formula is C15H22N2O3S. The minimum Gasteiger partial charge on any atom is -0.347 e. The lowest BCUT2D eigenvalue weighted by atomic mass is 9.96. The van der Waals surface area contributed by atoms with Gasteiger partial charge in [0.25, 0.3) is 0 Å². The number of pyridine rings is 1. The normalized spacial score (nSPS) is 22.2. The maximum Gasteiger partial charge on any atom is 0.224 e. The first-order valence-electron chi connectivity index (χ1n) is 7.22. The van der Waals surface area contributed by atoms with Crippen LogP contribution in [-0.2, 0) is 14.6 Å². The number of amides is 1. The van der Waals surface area contributed by atoms with Gasteiger partial charge >= 0.3 is 0 Å². The lowest BCUT2D eigenvalue weighted by Crippen LogP contribution is -2.37. The van der Waals surface area contributed by atoms with Gasteiger partial charge in [0.15, 0.2) is 9.84 Å². The van der Waals surface area contributed by atoms with Crippen LogP contribution < -0.4 is 5.32 Å². The van der Waals surface area contributed by atoms with E-state index in [1.807, 2.05) is 32.9 Å². The first kappa shape index (κ1) is 15.9. The molecule has 1 aliphatic heterocycles. The average Bonchev–Trinajstić information content (AvgIpc) is 2.77. The standard InChI is InChI=1S/C15H22N2O3S/c1-10(2)13(14-11(3)5-4-7-16-14)17-15(18)12-6-8-21(19,20)9-12/h4-5,7,10,12-13H,6,8-9H2,1-3H3,(H,17,18)/t12-,13-/m0/s1. The van der Waals surface area contributed by atoms with Crippen molar-refractivity contribution in [1.82, 2.24) is 10.3 Å². The third kappa shape index (κ3) is 3.81. The second kappa shape index (κ2) is 6.13. The minimum absolute atomic E-state index is 0.0369. The average molecular weight is 310 g/mol. The fourth-order valence-corrected chi connectivity index (χ4v) is 4.39. The van der Waals surface area contributed by atoms with E-state index in [-0.39, 0.29) is 29.4 Å². The third-order valence-corrected chi connectivity index (χ3v) is 5.68. The number of hydrogen-bond donors (Lipinski definition) is 1. The maximum atomic E-state index is 12.3. The number of nitrogens with zero attached hydrogens (tertiary/aromatic N) is 1. The molecule has 1 aliphatic rings. The zero-order valence-corrected chi connectivity index (χ0v) is 13.5. The molecule has 1 saturated heterocycles. The molecule has 5 nitrogen and oxygen atoms in total. The Balaban J connectivity index is 2.14. The van der Waals surface area contributed by atoms with E-state index in [0.29, 0.717) is 6.42 Å². The number of aryl methyl sites for hydroxylation is 1. The van der Waals surface area contributed by atoms with E-state index in [1.54, 1.807) is 6.20 Å². The lowest BCUT2D eigenvalue weighted by Gasteiger charge is -2.24. The predicted octanol–water partition coefficient (Wildman–Crippen LogP) is 1.64. The highest BCUT2D eigenvalue weighted by Gasteiger charge is 2.34.